The van der Waals surface area contributed by atoms with E-state index in [4.69, 9.17) is 11.6 Å². The van der Waals surface area contributed by atoms with Gasteiger partial charge >= 0.3 is 0 Å². The molecular weight excluding hydrogens is 214 g/mol. The summed E-state index contributed by atoms with van der Waals surface area (Å²) in [6.45, 7) is 0.598. The summed E-state index contributed by atoms with van der Waals surface area (Å²) in [6, 6.07) is 6.69. The molecule has 0 aromatic heterocycles. The van der Waals surface area contributed by atoms with Crippen molar-refractivity contribution in [2.24, 2.45) is 0 Å². The molecule has 0 radical (unpaired) electrons. The van der Waals surface area contributed by atoms with Gasteiger partial charge < -0.3 is 10.4 Å². The van der Waals surface area contributed by atoms with E-state index in [1.165, 1.54) is 0 Å². The smallest absolute Gasteiger partial charge is 0.224 e. The number of benzene rings is 1. The summed E-state index contributed by atoms with van der Waals surface area (Å²) in [5, 5.41) is 11.9. The van der Waals surface area contributed by atoms with Crippen LogP contribution in [0, 0.1) is 0 Å². The lowest BCUT2D eigenvalue weighted by atomic mass is 10.1. The van der Waals surface area contributed by atoms with Gasteiger partial charge in [-0.05, 0) is 24.1 Å². The van der Waals surface area contributed by atoms with E-state index in [9.17, 15) is 9.90 Å². The Labute approximate surface area is 94.1 Å². The van der Waals surface area contributed by atoms with Crippen molar-refractivity contribution in [3.63, 3.8) is 0 Å². The number of alkyl halides is 1. The molecule has 0 bridgehead atoms. The van der Waals surface area contributed by atoms with Crippen LogP contribution in [-0.2, 0) is 11.2 Å². The first kappa shape index (κ1) is 11.9. The molecule has 0 aliphatic heterocycles. The molecule has 15 heavy (non-hydrogen) atoms. The van der Waals surface area contributed by atoms with Gasteiger partial charge in [0.2, 0.25) is 5.91 Å². The van der Waals surface area contributed by atoms with Crippen molar-refractivity contribution in [2.45, 2.75) is 12.8 Å². The van der Waals surface area contributed by atoms with E-state index in [0.717, 1.165) is 12.0 Å². The highest BCUT2D eigenvalue weighted by molar-refractivity contribution is 6.17. The Bertz CT molecular complexity index is 328. The van der Waals surface area contributed by atoms with Gasteiger partial charge in [0.15, 0.2) is 0 Å². The van der Waals surface area contributed by atoms with Crippen LogP contribution in [-0.4, -0.2) is 23.4 Å². The molecule has 0 fully saturated rings. The van der Waals surface area contributed by atoms with Crippen molar-refractivity contribution in [1.82, 2.24) is 5.32 Å². The number of rotatable bonds is 5. The van der Waals surface area contributed by atoms with Crippen LogP contribution >= 0.6 is 11.6 Å². The molecule has 2 N–H and O–H groups in total. The number of aromatic hydroxyl groups is 1. The zero-order valence-electron chi connectivity index (χ0n) is 8.37. The minimum Gasteiger partial charge on any atom is -0.508 e. The first-order valence-electron chi connectivity index (χ1n) is 4.83. The molecule has 82 valence electrons. The Kier molecular flexibility index (Phi) is 4.98. The third kappa shape index (κ3) is 4.70. The van der Waals surface area contributed by atoms with Crippen LogP contribution in [0.1, 0.15) is 12.0 Å². The summed E-state index contributed by atoms with van der Waals surface area (Å²) in [4.78, 5) is 11.4. The highest BCUT2D eigenvalue weighted by atomic mass is 35.5. The maximum absolute atomic E-state index is 11.4. The highest BCUT2D eigenvalue weighted by Gasteiger charge is 2.02. The van der Waals surface area contributed by atoms with Gasteiger partial charge in [0.25, 0.3) is 0 Å². The zero-order chi connectivity index (χ0) is 11.1. The molecule has 0 saturated carbocycles. The van der Waals surface area contributed by atoms with Gasteiger partial charge in [0.05, 0.1) is 6.42 Å². The third-order valence-electron chi connectivity index (χ3n) is 1.91. The van der Waals surface area contributed by atoms with Crippen LogP contribution in [0.5, 0.6) is 5.75 Å². The van der Waals surface area contributed by atoms with E-state index >= 15 is 0 Å². The first-order valence-corrected chi connectivity index (χ1v) is 5.36. The standard InChI is InChI=1S/C11H14ClNO2/c12-5-2-6-13-11(15)8-9-3-1-4-10(14)7-9/h1,3-4,7,14H,2,5-6,8H2,(H,13,15). The molecule has 0 spiro atoms. The Morgan fingerprint density at radius 3 is 2.93 bits per heavy atom. The number of phenolic OH excluding ortho intramolecular Hbond substituents is 1. The topological polar surface area (TPSA) is 49.3 Å². The van der Waals surface area contributed by atoms with Gasteiger partial charge in [-0.15, -0.1) is 11.6 Å². The van der Waals surface area contributed by atoms with Crippen LogP contribution in [0.3, 0.4) is 0 Å². The average Bonchev–Trinajstić information content (AvgIpc) is 2.18. The van der Waals surface area contributed by atoms with Gasteiger partial charge in [-0.1, -0.05) is 12.1 Å². The molecule has 0 aliphatic carbocycles. The van der Waals surface area contributed by atoms with Gasteiger partial charge in [-0.2, -0.15) is 0 Å². The largest absolute Gasteiger partial charge is 0.508 e. The van der Waals surface area contributed by atoms with Gasteiger partial charge in [0.1, 0.15) is 5.75 Å². The van der Waals surface area contributed by atoms with Crippen molar-refractivity contribution in [3.8, 4) is 5.75 Å². The number of phenols is 1. The zero-order valence-corrected chi connectivity index (χ0v) is 9.13. The Morgan fingerprint density at radius 1 is 1.47 bits per heavy atom. The molecule has 0 saturated heterocycles. The van der Waals surface area contributed by atoms with Crippen molar-refractivity contribution >= 4 is 17.5 Å². The summed E-state index contributed by atoms with van der Waals surface area (Å²) in [6.07, 6.45) is 1.06. The Morgan fingerprint density at radius 2 is 2.27 bits per heavy atom. The second-order valence-corrected chi connectivity index (χ2v) is 3.62. The summed E-state index contributed by atoms with van der Waals surface area (Å²) >= 11 is 5.48. The fourth-order valence-corrected chi connectivity index (χ4v) is 1.34. The molecule has 4 heteroatoms. The van der Waals surface area contributed by atoms with Crippen LogP contribution in [0.15, 0.2) is 24.3 Å². The van der Waals surface area contributed by atoms with E-state index in [-0.39, 0.29) is 18.1 Å². The molecule has 0 unspecified atom stereocenters. The minimum absolute atomic E-state index is 0.0503. The molecular formula is C11H14ClNO2. The molecule has 0 aliphatic rings. The quantitative estimate of drug-likeness (QED) is 0.594. The summed E-state index contributed by atoms with van der Waals surface area (Å²) in [5.41, 5.74) is 0.804. The van der Waals surface area contributed by atoms with Gasteiger partial charge in [-0.25, -0.2) is 0 Å². The molecule has 3 nitrogen and oxygen atoms in total. The maximum atomic E-state index is 11.4. The predicted molar refractivity (Wildman–Crippen MR) is 60.2 cm³/mol. The minimum atomic E-state index is -0.0503. The number of carbonyl (C=O) groups is 1. The summed E-state index contributed by atoms with van der Waals surface area (Å²) in [7, 11) is 0. The lowest BCUT2D eigenvalue weighted by Gasteiger charge is -2.04. The van der Waals surface area contributed by atoms with E-state index in [1.54, 1.807) is 24.3 Å². The molecule has 1 aromatic carbocycles. The number of hydrogen-bond donors (Lipinski definition) is 2. The maximum Gasteiger partial charge on any atom is 0.224 e. The van der Waals surface area contributed by atoms with Crippen molar-refractivity contribution in [2.75, 3.05) is 12.4 Å². The molecule has 0 heterocycles. The van der Waals surface area contributed by atoms with E-state index in [1.807, 2.05) is 0 Å². The lowest BCUT2D eigenvalue weighted by molar-refractivity contribution is -0.120. The molecule has 1 rings (SSSR count). The molecule has 1 aromatic rings. The first-order chi connectivity index (χ1) is 7.22. The summed E-state index contributed by atoms with van der Waals surface area (Å²) in [5.74, 6) is 0.679. The fourth-order valence-electron chi connectivity index (χ4n) is 1.21. The number of halogens is 1. The van der Waals surface area contributed by atoms with Crippen LogP contribution in [0.4, 0.5) is 0 Å². The fraction of sp³-hybridized carbons (Fsp3) is 0.364. The van der Waals surface area contributed by atoms with Crippen molar-refractivity contribution in [3.05, 3.63) is 29.8 Å². The van der Waals surface area contributed by atoms with Crippen LogP contribution in [0.25, 0.3) is 0 Å². The number of nitrogens with one attached hydrogen (secondary N) is 1. The van der Waals surface area contributed by atoms with E-state index in [0.29, 0.717) is 12.4 Å². The lowest BCUT2D eigenvalue weighted by Crippen LogP contribution is -2.26. The monoisotopic (exact) mass is 227 g/mol. The molecule has 0 atom stereocenters. The average molecular weight is 228 g/mol. The van der Waals surface area contributed by atoms with Crippen molar-refractivity contribution < 1.29 is 9.90 Å². The van der Waals surface area contributed by atoms with Crippen LogP contribution in [0.2, 0.25) is 0 Å². The van der Waals surface area contributed by atoms with Gasteiger partial charge in [0, 0.05) is 12.4 Å². The highest BCUT2D eigenvalue weighted by Crippen LogP contribution is 2.10. The number of hydrogen-bond acceptors (Lipinski definition) is 2. The second kappa shape index (κ2) is 6.30. The number of amides is 1. The number of carbonyl (C=O) groups excluding carboxylic acids is 1. The third-order valence-corrected chi connectivity index (χ3v) is 2.18. The predicted octanol–water partition coefficient (Wildman–Crippen LogP) is 1.68. The van der Waals surface area contributed by atoms with E-state index < -0.39 is 0 Å². The normalized spacial score (nSPS) is 9.93. The van der Waals surface area contributed by atoms with Gasteiger partial charge in [-0.3, -0.25) is 4.79 Å². The Balaban J connectivity index is 2.37. The molecule has 1 amide bonds. The second-order valence-electron chi connectivity index (χ2n) is 3.24. The van der Waals surface area contributed by atoms with Crippen LogP contribution < -0.4 is 5.32 Å². The SMILES string of the molecule is O=C(Cc1cccc(O)c1)NCCCCl. The Hall–Kier alpha value is -1.22. The van der Waals surface area contributed by atoms with Crippen molar-refractivity contribution in [1.29, 1.82) is 0 Å². The summed E-state index contributed by atoms with van der Waals surface area (Å²) < 4.78 is 0. The van der Waals surface area contributed by atoms with E-state index in [2.05, 4.69) is 5.32 Å².